The number of rotatable bonds is 3. The highest BCUT2D eigenvalue weighted by atomic mass is 19.1. The maximum Gasteiger partial charge on any atom is 0.165 e. The van der Waals surface area contributed by atoms with Gasteiger partial charge in [-0.1, -0.05) is 0 Å². The Kier molecular flexibility index (Phi) is 3.94. The molecule has 0 saturated carbocycles. The van der Waals surface area contributed by atoms with Crippen molar-refractivity contribution in [2.45, 2.75) is 19.8 Å². The number of benzene rings is 1. The second-order valence-corrected chi connectivity index (χ2v) is 4.38. The van der Waals surface area contributed by atoms with Gasteiger partial charge in [0, 0.05) is 18.1 Å². The van der Waals surface area contributed by atoms with Crippen LogP contribution in [0, 0.1) is 24.5 Å². The lowest BCUT2D eigenvalue weighted by Crippen LogP contribution is -2.23. The number of halogens is 2. The monoisotopic (exact) mass is 242 g/mol. The van der Waals surface area contributed by atoms with Gasteiger partial charge in [-0.05, 0) is 31.9 Å². The molecule has 1 saturated heterocycles. The zero-order valence-electron chi connectivity index (χ0n) is 9.84. The van der Waals surface area contributed by atoms with Crippen LogP contribution in [0.15, 0.2) is 12.1 Å². The second-order valence-electron chi connectivity index (χ2n) is 4.38. The van der Waals surface area contributed by atoms with Crippen LogP contribution in [-0.2, 0) is 4.74 Å². The van der Waals surface area contributed by atoms with Crippen LogP contribution in [0.2, 0.25) is 0 Å². The minimum absolute atomic E-state index is 0.0237. The molecule has 1 unspecified atom stereocenters. The Morgan fingerprint density at radius 1 is 1.35 bits per heavy atom. The lowest BCUT2D eigenvalue weighted by atomic mass is 10.0. The van der Waals surface area contributed by atoms with Gasteiger partial charge in [-0.15, -0.1) is 0 Å². The molecule has 0 aliphatic carbocycles. The summed E-state index contributed by atoms with van der Waals surface area (Å²) < 4.78 is 37.4. The topological polar surface area (TPSA) is 18.5 Å². The molecule has 1 heterocycles. The molecule has 2 nitrogen and oxygen atoms in total. The molecule has 2 rings (SSSR count). The van der Waals surface area contributed by atoms with Gasteiger partial charge in [0.2, 0.25) is 0 Å². The first kappa shape index (κ1) is 12.3. The third-order valence-corrected chi connectivity index (χ3v) is 3.01. The Balaban J connectivity index is 2.00. The van der Waals surface area contributed by atoms with Crippen LogP contribution in [-0.4, -0.2) is 19.8 Å². The highest BCUT2D eigenvalue weighted by molar-refractivity contribution is 5.34. The molecule has 0 radical (unpaired) electrons. The predicted molar refractivity (Wildman–Crippen MR) is 60.1 cm³/mol. The van der Waals surface area contributed by atoms with Gasteiger partial charge in [-0.25, -0.2) is 8.78 Å². The molecular weight excluding hydrogens is 226 g/mol. The summed E-state index contributed by atoms with van der Waals surface area (Å²) in [6, 6.07) is 2.20. The van der Waals surface area contributed by atoms with E-state index < -0.39 is 11.6 Å². The normalized spacial score (nSPS) is 20.3. The first-order chi connectivity index (χ1) is 8.18. The van der Waals surface area contributed by atoms with E-state index in [0.717, 1.165) is 31.6 Å². The van der Waals surface area contributed by atoms with Crippen LogP contribution >= 0.6 is 0 Å². The smallest absolute Gasteiger partial charge is 0.165 e. The van der Waals surface area contributed by atoms with Crippen molar-refractivity contribution in [2.24, 2.45) is 5.92 Å². The van der Waals surface area contributed by atoms with Crippen molar-refractivity contribution in [1.82, 2.24) is 0 Å². The summed E-state index contributed by atoms with van der Waals surface area (Å²) in [5.41, 5.74) is 0.224. The van der Waals surface area contributed by atoms with E-state index in [9.17, 15) is 8.78 Å². The highest BCUT2D eigenvalue weighted by Gasteiger charge is 2.17. The number of hydrogen-bond donors (Lipinski definition) is 0. The third-order valence-electron chi connectivity index (χ3n) is 3.01. The van der Waals surface area contributed by atoms with Crippen LogP contribution in [0.4, 0.5) is 8.78 Å². The fraction of sp³-hybridized carbons (Fsp3) is 0.538. The molecule has 0 amide bonds. The summed E-state index contributed by atoms with van der Waals surface area (Å²) in [6.07, 6.45) is 2.01. The maximum absolute atomic E-state index is 13.5. The molecule has 0 N–H and O–H groups in total. The molecule has 1 fully saturated rings. The van der Waals surface area contributed by atoms with Gasteiger partial charge in [-0.3, -0.25) is 0 Å². The van der Waals surface area contributed by atoms with Crippen molar-refractivity contribution in [3.05, 3.63) is 29.3 Å². The molecule has 1 aromatic rings. The molecule has 1 aliphatic heterocycles. The van der Waals surface area contributed by atoms with Crippen molar-refractivity contribution >= 4 is 0 Å². The maximum atomic E-state index is 13.5. The molecule has 0 bridgehead atoms. The summed E-state index contributed by atoms with van der Waals surface area (Å²) in [4.78, 5) is 0. The van der Waals surface area contributed by atoms with Gasteiger partial charge < -0.3 is 9.47 Å². The summed E-state index contributed by atoms with van der Waals surface area (Å²) in [5.74, 6) is -0.664. The fourth-order valence-corrected chi connectivity index (χ4v) is 1.95. The second kappa shape index (κ2) is 5.45. The highest BCUT2D eigenvalue weighted by Crippen LogP contribution is 2.25. The average Bonchev–Trinajstić information content (AvgIpc) is 2.35. The molecular formula is C13H16F2O2. The molecule has 0 spiro atoms. The van der Waals surface area contributed by atoms with E-state index in [4.69, 9.17) is 9.47 Å². The van der Waals surface area contributed by atoms with E-state index >= 15 is 0 Å². The van der Waals surface area contributed by atoms with Crippen molar-refractivity contribution in [1.29, 1.82) is 0 Å². The predicted octanol–water partition coefficient (Wildman–Crippen LogP) is 3.08. The lowest BCUT2D eigenvalue weighted by molar-refractivity contribution is 0.0343. The Morgan fingerprint density at radius 3 is 2.82 bits per heavy atom. The Morgan fingerprint density at radius 2 is 2.12 bits per heavy atom. The quantitative estimate of drug-likeness (QED) is 0.811. The van der Waals surface area contributed by atoms with E-state index in [2.05, 4.69) is 0 Å². The zero-order valence-corrected chi connectivity index (χ0v) is 9.84. The first-order valence-corrected chi connectivity index (χ1v) is 5.83. The number of hydrogen-bond acceptors (Lipinski definition) is 2. The standard InChI is InChI=1S/C13H16F2O2/c1-9-11(14)4-5-12(15)13(9)17-8-10-3-2-6-16-7-10/h4-5,10H,2-3,6-8H2,1H3. The van der Waals surface area contributed by atoms with Crippen molar-refractivity contribution in [2.75, 3.05) is 19.8 Å². The van der Waals surface area contributed by atoms with E-state index in [0.29, 0.717) is 13.2 Å². The van der Waals surface area contributed by atoms with Crippen molar-refractivity contribution in [3.63, 3.8) is 0 Å². The zero-order chi connectivity index (χ0) is 12.3. The Bertz CT molecular complexity index is 387. The average molecular weight is 242 g/mol. The van der Waals surface area contributed by atoms with Crippen LogP contribution in [0.1, 0.15) is 18.4 Å². The van der Waals surface area contributed by atoms with Crippen LogP contribution in [0.25, 0.3) is 0 Å². The van der Waals surface area contributed by atoms with E-state index in [1.54, 1.807) is 0 Å². The van der Waals surface area contributed by atoms with Crippen molar-refractivity contribution in [3.8, 4) is 5.75 Å². The Hall–Kier alpha value is -1.16. The van der Waals surface area contributed by atoms with Crippen molar-refractivity contribution < 1.29 is 18.3 Å². The summed E-state index contributed by atoms with van der Waals surface area (Å²) >= 11 is 0. The number of ether oxygens (including phenoxy) is 2. The van der Waals surface area contributed by atoms with Gasteiger partial charge in [-0.2, -0.15) is 0 Å². The van der Waals surface area contributed by atoms with E-state index in [1.807, 2.05) is 0 Å². The van der Waals surface area contributed by atoms with Gasteiger partial charge in [0.1, 0.15) is 5.82 Å². The fourth-order valence-electron chi connectivity index (χ4n) is 1.95. The van der Waals surface area contributed by atoms with Gasteiger partial charge in [0.05, 0.1) is 13.2 Å². The van der Waals surface area contributed by atoms with E-state index in [-0.39, 0.29) is 17.2 Å². The van der Waals surface area contributed by atoms with Gasteiger partial charge >= 0.3 is 0 Å². The molecule has 0 aromatic heterocycles. The summed E-state index contributed by atoms with van der Waals surface area (Å²) in [7, 11) is 0. The van der Waals surface area contributed by atoms with Crippen LogP contribution < -0.4 is 4.74 Å². The molecule has 4 heteroatoms. The third kappa shape index (κ3) is 2.94. The molecule has 1 aromatic carbocycles. The minimum Gasteiger partial charge on any atom is -0.490 e. The molecule has 17 heavy (non-hydrogen) atoms. The Labute approximate surface area is 99.5 Å². The summed E-state index contributed by atoms with van der Waals surface area (Å²) in [5, 5.41) is 0. The molecule has 94 valence electrons. The van der Waals surface area contributed by atoms with Crippen LogP contribution in [0.5, 0.6) is 5.75 Å². The SMILES string of the molecule is Cc1c(F)ccc(F)c1OCC1CCCOC1. The van der Waals surface area contributed by atoms with Gasteiger partial charge in [0.15, 0.2) is 11.6 Å². The minimum atomic E-state index is -0.513. The van der Waals surface area contributed by atoms with E-state index in [1.165, 1.54) is 6.92 Å². The summed E-state index contributed by atoms with van der Waals surface area (Å²) in [6.45, 7) is 3.31. The van der Waals surface area contributed by atoms with Crippen LogP contribution in [0.3, 0.4) is 0 Å². The molecule has 1 atom stereocenters. The lowest BCUT2D eigenvalue weighted by Gasteiger charge is -2.22. The molecule has 1 aliphatic rings. The van der Waals surface area contributed by atoms with Gasteiger partial charge in [0.25, 0.3) is 0 Å². The largest absolute Gasteiger partial charge is 0.490 e. The first-order valence-electron chi connectivity index (χ1n) is 5.83.